The van der Waals surface area contributed by atoms with Crippen molar-refractivity contribution in [2.75, 3.05) is 25.5 Å². The Labute approximate surface area is 133 Å². The van der Waals surface area contributed by atoms with Crippen molar-refractivity contribution in [3.05, 3.63) is 30.3 Å². The van der Waals surface area contributed by atoms with E-state index in [2.05, 4.69) is 5.32 Å². The Morgan fingerprint density at radius 1 is 1.26 bits per heavy atom. The lowest BCUT2D eigenvalue weighted by Crippen LogP contribution is -2.39. The van der Waals surface area contributed by atoms with Gasteiger partial charge in [0, 0.05) is 12.7 Å². The molecule has 122 valence electrons. The van der Waals surface area contributed by atoms with Gasteiger partial charge in [0.15, 0.2) is 6.10 Å². The van der Waals surface area contributed by atoms with Crippen LogP contribution < -0.4 is 5.32 Å². The molecule has 0 aliphatic carbocycles. The second-order valence-electron chi connectivity index (χ2n) is 5.11. The van der Waals surface area contributed by atoms with Crippen molar-refractivity contribution in [3.63, 3.8) is 0 Å². The summed E-state index contributed by atoms with van der Waals surface area (Å²) in [5.74, 6) is -1.80. The Morgan fingerprint density at radius 3 is 2.48 bits per heavy atom. The monoisotopic (exact) mass is 319 g/mol. The molecule has 2 rings (SSSR count). The van der Waals surface area contributed by atoms with Gasteiger partial charge in [-0.05, 0) is 19.1 Å². The van der Waals surface area contributed by atoms with Crippen LogP contribution in [0.3, 0.4) is 0 Å². The van der Waals surface area contributed by atoms with E-state index in [0.29, 0.717) is 5.69 Å². The quantitative estimate of drug-likeness (QED) is 0.628. The third-order valence-corrected chi connectivity index (χ3v) is 3.24. The number of ether oxygens (including phenoxy) is 1. The molecule has 23 heavy (non-hydrogen) atoms. The first-order valence-corrected chi connectivity index (χ1v) is 6.99. The summed E-state index contributed by atoms with van der Waals surface area (Å²) in [5, 5.41) is 2.59. The van der Waals surface area contributed by atoms with Gasteiger partial charge in [-0.2, -0.15) is 0 Å². The zero-order valence-corrected chi connectivity index (χ0v) is 12.8. The summed E-state index contributed by atoms with van der Waals surface area (Å²) in [6.45, 7) is 0.830. The molecule has 0 saturated carbocycles. The molecule has 1 aromatic rings. The number of imide groups is 1. The molecule has 1 aliphatic rings. The fraction of sp³-hybridized carbons (Fsp3) is 0.333. The first kappa shape index (κ1) is 16.5. The second kappa shape index (κ2) is 6.91. The third kappa shape index (κ3) is 4.06. The summed E-state index contributed by atoms with van der Waals surface area (Å²) in [6, 6.07) is 8.16. The Kier molecular flexibility index (Phi) is 4.95. The van der Waals surface area contributed by atoms with E-state index in [0.717, 1.165) is 4.90 Å². The van der Waals surface area contributed by atoms with E-state index in [1.807, 2.05) is 0 Å². The van der Waals surface area contributed by atoms with Gasteiger partial charge in [-0.25, -0.2) is 4.79 Å². The molecular weight excluding hydrogens is 302 g/mol. The molecule has 0 aromatic heterocycles. The minimum absolute atomic E-state index is 0.0733. The molecule has 0 bridgehead atoms. The highest BCUT2D eigenvalue weighted by Gasteiger charge is 2.35. The van der Waals surface area contributed by atoms with Crippen LogP contribution in [0.5, 0.6) is 0 Å². The number of carbonyl (C=O) groups is 4. The van der Waals surface area contributed by atoms with Crippen molar-refractivity contribution in [3.8, 4) is 0 Å². The van der Waals surface area contributed by atoms with Crippen LogP contribution in [0.2, 0.25) is 0 Å². The molecule has 1 N–H and O–H groups in total. The van der Waals surface area contributed by atoms with Gasteiger partial charge < -0.3 is 15.0 Å². The maximum absolute atomic E-state index is 11.9. The zero-order valence-electron chi connectivity index (χ0n) is 12.8. The number of likely N-dealkylation sites (N-methyl/N-ethyl adjacent to an activating group) is 1. The lowest BCUT2D eigenvalue weighted by molar-refractivity contribution is -0.154. The first-order valence-electron chi connectivity index (χ1n) is 6.99. The van der Waals surface area contributed by atoms with Crippen LogP contribution in [0.1, 0.15) is 6.92 Å². The first-order chi connectivity index (χ1) is 10.9. The number of amides is 4. The highest BCUT2D eigenvalue weighted by Crippen LogP contribution is 2.09. The van der Waals surface area contributed by atoms with Crippen molar-refractivity contribution in [2.45, 2.75) is 13.0 Å². The van der Waals surface area contributed by atoms with E-state index >= 15 is 0 Å². The Bertz CT molecular complexity index is 631. The number of hydrogen-bond acceptors (Lipinski definition) is 5. The Balaban J connectivity index is 1.86. The van der Waals surface area contributed by atoms with Crippen LogP contribution in [0.25, 0.3) is 0 Å². The minimum Gasteiger partial charge on any atom is -0.451 e. The number of para-hydroxylation sites is 1. The predicted molar refractivity (Wildman–Crippen MR) is 80.4 cm³/mol. The fourth-order valence-corrected chi connectivity index (χ4v) is 2.01. The average Bonchev–Trinajstić information content (AvgIpc) is 2.74. The van der Waals surface area contributed by atoms with Gasteiger partial charge >= 0.3 is 12.0 Å². The number of nitrogens with zero attached hydrogens (tertiary/aromatic N) is 2. The van der Waals surface area contributed by atoms with Crippen molar-refractivity contribution < 1.29 is 23.9 Å². The van der Waals surface area contributed by atoms with Gasteiger partial charge in [-0.3, -0.25) is 19.3 Å². The van der Waals surface area contributed by atoms with E-state index < -0.39 is 36.5 Å². The lowest BCUT2D eigenvalue weighted by Gasteiger charge is -2.16. The second-order valence-corrected chi connectivity index (χ2v) is 5.11. The summed E-state index contributed by atoms with van der Waals surface area (Å²) in [5.41, 5.74) is 0.576. The van der Waals surface area contributed by atoms with Crippen molar-refractivity contribution >= 4 is 29.5 Å². The van der Waals surface area contributed by atoms with Crippen LogP contribution in [-0.4, -0.2) is 59.9 Å². The van der Waals surface area contributed by atoms with Crippen LogP contribution >= 0.6 is 0 Å². The molecule has 1 atom stereocenters. The zero-order chi connectivity index (χ0) is 17.0. The number of hydrogen-bond donors (Lipinski definition) is 1. The van der Waals surface area contributed by atoms with Crippen molar-refractivity contribution in [1.29, 1.82) is 0 Å². The molecule has 1 saturated heterocycles. The lowest BCUT2D eigenvalue weighted by atomic mass is 10.3. The highest BCUT2D eigenvalue weighted by atomic mass is 16.5. The molecule has 0 unspecified atom stereocenters. The topological polar surface area (TPSA) is 96.0 Å². The molecule has 4 amide bonds. The molecule has 0 radical (unpaired) electrons. The largest absolute Gasteiger partial charge is 0.451 e. The molecule has 1 aromatic carbocycles. The van der Waals surface area contributed by atoms with E-state index in [-0.39, 0.29) is 6.54 Å². The van der Waals surface area contributed by atoms with E-state index in [1.165, 1.54) is 18.9 Å². The molecular formula is C15H17N3O5. The average molecular weight is 319 g/mol. The van der Waals surface area contributed by atoms with Gasteiger partial charge in [0.25, 0.3) is 11.8 Å². The number of esters is 1. The van der Waals surface area contributed by atoms with Crippen LogP contribution in [0.4, 0.5) is 10.5 Å². The SMILES string of the molecule is C[C@@H](OC(=O)CN1C(=O)CN(C)C1=O)C(=O)Nc1ccccc1. The van der Waals surface area contributed by atoms with Crippen LogP contribution in [-0.2, 0) is 19.1 Å². The molecule has 1 fully saturated rings. The van der Waals surface area contributed by atoms with E-state index in [1.54, 1.807) is 30.3 Å². The summed E-state index contributed by atoms with van der Waals surface area (Å²) in [6.07, 6.45) is -1.05. The molecule has 8 nitrogen and oxygen atoms in total. The summed E-state index contributed by atoms with van der Waals surface area (Å²) >= 11 is 0. The molecule has 8 heteroatoms. The minimum atomic E-state index is -1.05. The number of nitrogens with one attached hydrogen (secondary N) is 1. The smallest absolute Gasteiger partial charge is 0.327 e. The third-order valence-electron chi connectivity index (χ3n) is 3.24. The fourth-order valence-electron chi connectivity index (χ4n) is 2.01. The van der Waals surface area contributed by atoms with E-state index in [4.69, 9.17) is 4.74 Å². The molecule has 0 spiro atoms. The molecule has 1 aliphatic heterocycles. The van der Waals surface area contributed by atoms with Gasteiger partial charge in [-0.15, -0.1) is 0 Å². The van der Waals surface area contributed by atoms with Gasteiger partial charge in [-0.1, -0.05) is 18.2 Å². The number of rotatable bonds is 5. The Hall–Kier alpha value is -2.90. The van der Waals surface area contributed by atoms with Gasteiger partial charge in [0.05, 0.1) is 0 Å². The van der Waals surface area contributed by atoms with Crippen molar-refractivity contribution in [2.24, 2.45) is 0 Å². The number of benzene rings is 1. The molecule has 1 heterocycles. The van der Waals surface area contributed by atoms with Gasteiger partial charge in [0.2, 0.25) is 0 Å². The maximum Gasteiger partial charge on any atom is 0.327 e. The van der Waals surface area contributed by atoms with Crippen LogP contribution in [0.15, 0.2) is 30.3 Å². The normalized spacial score (nSPS) is 15.6. The maximum atomic E-state index is 11.9. The summed E-state index contributed by atoms with van der Waals surface area (Å²) in [4.78, 5) is 48.9. The predicted octanol–water partition coefficient (Wildman–Crippen LogP) is 0.451. The summed E-state index contributed by atoms with van der Waals surface area (Å²) in [7, 11) is 1.46. The van der Waals surface area contributed by atoms with Gasteiger partial charge in [0.1, 0.15) is 13.1 Å². The van der Waals surface area contributed by atoms with Crippen molar-refractivity contribution in [1.82, 2.24) is 9.80 Å². The highest BCUT2D eigenvalue weighted by molar-refractivity contribution is 6.04. The summed E-state index contributed by atoms with van der Waals surface area (Å²) < 4.78 is 4.96. The van der Waals surface area contributed by atoms with Crippen LogP contribution in [0, 0.1) is 0 Å². The number of carbonyl (C=O) groups excluding carboxylic acids is 4. The Morgan fingerprint density at radius 2 is 1.91 bits per heavy atom. The standard InChI is InChI=1S/C15H17N3O5/c1-10(14(21)16-11-6-4-3-5-7-11)23-13(20)9-18-12(19)8-17(2)15(18)22/h3-7,10H,8-9H2,1-2H3,(H,16,21)/t10-/m1/s1. The number of urea groups is 1. The number of anilines is 1. The van der Waals surface area contributed by atoms with E-state index in [9.17, 15) is 19.2 Å².